The van der Waals surface area contributed by atoms with Gasteiger partial charge in [0.05, 0.1) is 13.2 Å². The van der Waals surface area contributed by atoms with E-state index in [9.17, 15) is 20.1 Å². The minimum absolute atomic E-state index is 0.204. The van der Waals surface area contributed by atoms with Crippen molar-refractivity contribution < 1.29 is 19.1 Å². The van der Waals surface area contributed by atoms with E-state index in [0.717, 1.165) is 64.2 Å². The molecule has 42 heavy (non-hydrogen) atoms. The second-order valence-electron chi connectivity index (χ2n) is 12.8. The quantitative estimate of drug-likeness (QED) is 0.0589. The Morgan fingerprint density at radius 1 is 0.524 bits per heavy atom. The maximum Gasteiger partial charge on any atom is 0.302 e. The molecule has 0 bridgehead atoms. The Hall–Kier alpha value is -2.74. The molecule has 0 radical (unpaired) electrons. The third-order valence-corrected chi connectivity index (χ3v) is 7.40. The van der Waals surface area contributed by atoms with Crippen LogP contribution in [-0.4, -0.2) is 36.2 Å². The summed E-state index contributed by atoms with van der Waals surface area (Å²) in [6.45, 7) is 12.3. The van der Waals surface area contributed by atoms with Crippen LogP contribution in [0.15, 0.2) is 11.4 Å². The maximum absolute atomic E-state index is 10.8. The number of rotatable bonds is 26. The van der Waals surface area contributed by atoms with Gasteiger partial charge in [0.25, 0.3) is 0 Å². The molecule has 0 aliphatic heterocycles. The molecule has 0 rings (SSSR count). The lowest BCUT2D eigenvalue weighted by Gasteiger charge is -2.30. The summed E-state index contributed by atoms with van der Waals surface area (Å²) in [6, 6.07) is 4.45. The molecule has 240 valence electrons. The summed E-state index contributed by atoms with van der Waals surface area (Å²) in [6.07, 6.45) is 19.9. The number of nitrogens with zero attached hydrogens (tertiary/aromatic N) is 2. The van der Waals surface area contributed by atoms with Crippen molar-refractivity contribution in [3.63, 3.8) is 0 Å². The van der Waals surface area contributed by atoms with Gasteiger partial charge in [0.15, 0.2) is 0 Å². The topological polar surface area (TPSA) is 124 Å². The number of carbonyl (C=O) groups is 2. The Morgan fingerprint density at radius 3 is 1.05 bits per heavy atom. The lowest BCUT2D eigenvalue weighted by molar-refractivity contribution is -0.142. The number of ether oxygens (including phenoxy) is 2. The minimum atomic E-state index is -0.282. The molecule has 0 atom stereocenters. The summed E-state index contributed by atoms with van der Waals surface area (Å²) in [7, 11) is 0. The summed E-state index contributed by atoms with van der Waals surface area (Å²) in [5.74, 6) is -0.408. The van der Waals surface area contributed by atoms with E-state index in [1.165, 1.54) is 65.2 Å². The highest BCUT2D eigenvalue weighted by atomic mass is 16.5. The predicted octanol–water partition coefficient (Wildman–Crippen LogP) is 8.13. The minimum Gasteiger partial charge on any atom is -0.466 e. The second kappa shape index (κ2) is 23.8. The molecular formula is C34H60N4O4. The van der Waals surface area contributed by atoms with Crippen LogP contribution in [0.1, 0.15) is 157 Å². The summed E-state index contributed by atoms with van der Waals surface area (Å²) >= 11 is 0. The van der Waals surface area contributed by atoms with Gasteiger partial charge in [-0.25, -0.2) is 0 Å². The first kappa shape index (κ1) is 39.3. The normalized spacial score (nSPS) is 12.1. The Bertz CT molecular complexity index is 798. The third-order valence-electron chi connectivity index (χ3n) is 7.40. The summed E-state index contributed by atoms with van der Waals surface area (Å²) in [5, 5.41) is 26.4. The van der Waals surface area contributed by atoms with Crippen LogP contribution in [0.5, 0.6) is 0 Å². The van der Waals surface area contributed by atoms with Crippen molar-refractivity contribution in [2.45, 2.75) is 168 Å². The highest BCUT2D eigenvalue weighted by Crippen LogP contribution is 2.21. The van der Waals surface area contributed by atoms with Crippen LogP contribution in [0.3, 0.4) is 0 Å². The molecule has 0 aromatic rings. The van der Waals surface area contributed by atoms with Gasteiger partial charge in [0.1, 0.15) is 23.5 Å². The van der Waals surface area contributed by atoms with Crippen LogP contribution in [0, 0.1) is 22.7 Å². The highest BCUT2D eigenvalue weighted by Gasteiger charge is 2.24. The average molecular weight is 589 g/mol. The van der Waals surface area contributed by atoms with Crippen molar-refractivity contribution in [3.05, 3.63) is 11.4 Å². The van der Waals surface area contributed by atoms with E-state index >= 15 is 0 Å². The smallest absolute Gasteiger partial charge is 0.302 e. The van der Waals surface area contributed by atoms with Crippen molar-refractivity contribution in [1.29, 1.82) is 10.5 Å². The molecule has 0 aromatic heterocycles. The zero-order chi connectivity index (χ0) is 31.7. The Balaban J connectivity index is 4.29. The lowest BCUT2D eigenvalue weighted by atomic mass is 9.94. The summed E-state index contributed by atoms with van der Waals surface area (Å²) < 4.78 is 9.92. The Morgan fingerprint density at radius 2 is 0.786 bits per heavy atom. The zero-order valence-corrected chi connectivity index (χ0v) is 27.7. The van der Waals surface area contributed by atoms with E-state index in [1.54, 1.807) is 0 Å². The fourth-order valence-electron chi connectivity index (χ4n) is 4.99. The molecule has 0 unspecified atom stereocenters. The van der Waals surface area contributed by atoms with E-state index in [4.69, 9.17) is 9.47 Å². The molecule has 0 fully saturated rings. The molecular weight excluding hydrogens is 528 g/mol. The van der Waals surface area contributed by atoms with E-state index in [0.29, 0.717) is 24.6 Å². The molecule has 0 aromatic carbocycles. The van der Waals surface area contributed by atoms with Crippen molar-refractivity contribution in [3.8, 4) is 12.1 Å². The van der Waals surface area contributed by atoms with E-state index in [-0.39, 0.29) is 23.0 Å². The molecule has 0 amide bonds. The number of nitriles is 2. The monoisotopic (exact) mass is 588 g/mol. The van der Waals surface area contributed by atoms with Gasteiger partial charge in [-0.15, -0.1) is 0 Å². The molecule has 0 heterocycles. The van der Waals surface area contributed by atoms with Crippen molar-refractivity contribution >= 4 is 11.9 Å². The van der Waals surface area contributed by atoms with Crippen LogP contribution in [0.2, 0.25) is 0 Å². The number of unbranched alkanes of at least 4 members (excludes halogenated alkanes) is 14. The second-order valence-corrected chi connectivity index (χ2v) is 12.8. The molecule has 0 spiro atoms. The average Bonchev–Trinajstić information content (AvgIpc) is 2.91. The Kier molecular flexibility index (Phi) is 22.2. The van der Waals surface area contributed by atoms with Crippen molar-refractivity contribution in [2.24, 2.45) is 0 Å². The van der Waals surface area contributed by atoms with Gasteiger partial charge in [-0.2, -0.15) is 10.5 Å². The lowest BCUT2D eigenvalue weighted by Crippen LogP contribution is -2.43. The van der Waals surface area contributed by atoms with Crippen molar-refractivity contribution in [1.82, 2.24) is 10.6 Å². The number of hydrogen-bond donors (Lipinski definition) is 2. The largest absolute Gasteiger partial charge is 0.466 e. The molecule has 0 aliphatic carbocycles. The van der Waals surface area contributed by atoms with Crippen LogP contribution >= 0.6 is 0 Å². The Labute approximate surface area is 257 Å². The SMILES string of the molecule is CC(=O)OCCCCCCCCCCC(C)(C)N/C(C#N)=C(/C#N)NC(C)(C)CCCCCCCCCCOC(C)=O. The molecule has 2 N–H and O–H groups in total. The highest BCUT2D eigenvalue weighted by molar-refractivity contribution is 5.66. The molecule has 0 aliphatic rings. The predicted molar refractivity (Wildman–Crippen MR) is 169 cm³/mol. The van der Waals surface area contributed by atoms with Gasteiger partial charge in [0, 0.05) is 24.9 Å². The van der Waals surface area contributed by atoms with Gasteiger partial charge < -0.3 is 20.1 Å². The fourth-order valence-corrected chi connectivity index (χ4v) is 4.99. The zero-order valence-electron chi connectivity index (χ0n) is 27.7. The molecule has 0 saturated heterocycles. The van der Waals surface area contributed by atoms with Crippen molar-refractivity contribution in [2.75, 3.05) is 13.2 Å². The standard InChI is InChI=1S/C34H60N4O4/c1-29(39)41-25-21-17-13-9-7-11-15-19-23-33(3,4)37-31(27-35)32(28-36)38-34(5,6)24-20-16-12-8-10-14-18-22-26-42-30(2)40/h37-38H,7-26H2,1-6H3/b32-31-. The third kappa shape index (κ3) is 23.9. The molecule has 0 saturated carbocycles. The molecule has 8 nitrogen and oxygen atoms in total. The van der Waals surface area contributed by atoms with Gasteiger partial charge >= 0.3 is 11.9 Å². The van der Waals surface area contributed by atoms with Gasteiger partial charge in [-0.3, -0.25) is 9.59 Å². The van der Waals surface area contributed by atoms with Gasteiger partial charge in [-0.05, 0) is 53.4 Å². The number of nitrogens with one attached hydrogen (secondary N) is 2. The first-order valence-electron chi connectivity index (χ1n) is 16.3. The summed E-state index contributed by atoms with van der Waals surface area (Å²) in [4.78, 5) is 21.5. The number of hydrogen-bond acceptors (Lipinski definition) is 8. The number of esters is 2. The number of carbonyl (C=O) groups excluding carboxylic acids is 2. The van der Waals surface area contributed by atoms with Gasteiger partial charge in [-0.1, -0.05) is 89.9 Å². The van der Waals surface area contributed by atoms with Crippen LogP contribution in [0.25, 0.3) is 0 Å². The van der Waals surface area contributed by atoms with E-state index in [2.05, 4.69) is 50.5 Å². The first-order chi connectivity index (χ1) is 19.9. The molecule has 8 heteroatoms. The van der Waals surface area contributed by atoms with E-state index < -0.39 is 0 Å². The fraction of sp³-hybridized carbons (Fsp3) is 0.824. The van der Waals surface area contributed by atoms with E-state index in [1.807, 2.05) is 0 Å². The van der Waals surface area contributed by atoms with Crippen LogP contribution in [-0.2, 0) is 19.1 Å². The van der Waals surface area contributed by atoms with Crippen LogP contribution in [0.4, 0.5) is 0 Å². The maximum atomic E-state index is 10.8. The first-order valence-corrected chi connectivity index (χ1v) is 16.3. The summed E-state index contributed by atoms with van der Waals surface area (Å²) in [5.41, 5.74) is 0.0720. The van der Waals surface area contributed by atoms with Crippen LogP contribution < -0.4 is 10.6 Å². The van der Waals surface area contributed by atoms with Gasteiger partial charge in [0.2, 0.25) is 0 Å². The number of allylic oxidation sites excluding steroid dienone is 2.